The molecule has 2 amide bonds. The number of carbonyl (C=O) groups is 2. The van der Waals surface area contributed by atoms with Crippen molar-refractivity contribution >= 4 is 17.7 Å². The predicted octanol–water partition coefficient (Wildman–Crippen LogP) is 3.81. The molecule has 0 fully saturated rings. The van der Waals surface area contributed by atoms with Crippen molar-refractivity contribution < 1.29 is 19.4 Å². The van der Waals surface area contributed by atoms with E-state index >= 15 is 0 Å². The Kier molecular flexibility index (Phi) is 8.08. The van der Waals surface area contributed by atoms with Crippen molar-refractivity contribution in [3.63, 3.8) is 0 Å². The van der Waals surface area contributed by atoms with Crippen molar-refractivity contribution in [1.82, 2.24) is 9.88 Å². The Morgan fingerprint density at radius 1 is 1.09 bits per heavy atom. The molecule has 0 radical (unpaired) electrons. The highest BCUT2D eigenvalue weighted by atomic mass is 16.5. The number of hydrogen-bond donors (Lipinski definition) is 3. The molecular weight excluding hydrogens is 434 g/mol. The highest BCUT2D eigenvalue weighted by molar-refractivity contribution is 5.91. The summed E-state index contributed by atoms with van der Waals surface area (Å²) in [6, 6.07) is 15.7. The average Bonchev–Trinajstić information content (AvgIpc) is 2.81. The van der Waals surface area contributed by atoms with Gasteiger partial charge in [-0.3, -0.25) is 9.59 Å². The van der Waals surface area contributed by atoms with Crippen LogP contribution >= 0.6 is 0 Å². The van der Waals surface area contributed by atoms with E-state index in [1.807, 2.05) is 36.4 Å². The van der Waals surface area contributed by atoms with Crippen LogP contribution in [0.15, 0.2) is 65.6 Å². The molecule has 0 unspecified atom stereocenters. The lowest BCUT2D eigenvalue weighted by molar-refractivity contribution is -0.143. The number of pyridine rings is 1. The smallest absolute Gasteiger partial charge is 0.319 e. The molecule has 1 heterocycles. The molecule has 0 aliphatic carbocycles. The van der Waals surface area contributed by atoms with Crippen molar-refractivity contribution in [3.8, 4) is 5.75 Å². The van der Waals surface area contributed by atoms with Crippen molar-refractivity contribution in [3.05, 3.63) is 93.4 Å². The number of nitrogens with one attached hydrogen (secondary N) is 2. The molecule has 34 heavy (non-hydrogen) atoms. The zero-order valence-corrected chi connectivity index (χ0v) is 19.5. The summed E-state index contributed by atoms with van der Waals surface area (Å²) in [6.07, 6.45) is 2.07. The second-order valence-electron chi connectivity index (χ2n) is 8.00. The summed E-state index contributed by atoms with van der Waals surface area (Å²) < 4.78 is 6.29. The highest BCUT2D eigenvalue weighted by Crippen LogP contribution is 2.22. The van der Waals surface area contributed by atoms with E-state index in [9.17, 15) is 19.5 Å². The minimum Gasteiger partial charge on any atom is -0.505 e. The Bertz CT molecular complexity index is 1220. The monoisotopic (exact) mass is 463 g/mol. The Balaban J connectivity index is 1.78. The van der Waals surface area contributed by atoms with Gasteiger partial charge in [0.2, 0.25) is 0 Å². The Hall–Kier alpha value is -4.07. The Morgan fingerprint density at radius 2 is 1.79 bits per heavy atom. The zero-order chi connectivity index (χ0) is 24.7. The quantitative estimate of drug-likeness (QED) is 0.440. The minimum atomic E-state index is -0.725. The summed E-state index contributed by atoms with van der Waals surface area (Å²) in [4.78, 5) is 37.1. The Morgan fingerprint density at radius 3 is 2.47 bits per heavy atom. The SMILES string of the molecule is CCOC(=O)C[C@H](NC(=O)Nc1c(O)ccn(C)c1=O)c1ccc(Cc2ccccc2C)cc1. The fourth-order valence-corrected chi connectivity index (χ4v) is 3.58. The third-order valence-electron chi connectivity index (χ3n) is 5.50. The lowest BCUT2D eigenvalue weighted by Crippen LogP contribution is -2.36. The first-order valence-electron chi connectivity index (χ1n) is 11.0. The predicted molar refractivity (Wildman–Crippen MR) is 130 cm³/mol. The number of carbonyl (C=O) groups excluding carboxylic acids is 2. The van der Waals surface area contributed by atoms with Crippen LogP contribution in [0.25, 0.3) is 0 Å². The molecular formula is C26H29N3O5. The fourth-order valence-electron chi connectivity index (χ4n) is 3.58. The van der Waals surface area contributed by atoms with E-state index < -0.39 is 23.6 Å². The Labute approximate surface area is 198 Å². The van der Waals surface area contributed by atoms with Crippen LogP contribution < -0.4 is 16.2 Å². The summed E-state index contributed by atoms with van der Waals surface area (Å²) >= 11 is 0. The standard InChI is InChI=1S/C26H29N3O5/c1-4-34-23(31)16-21(27-26(33)28-24-22(30)13-14-29(3)25(24)32)19-11-9-18(10-12-19)15-20-8-6-5-7-17(20)2/h5-14,21,30H,4,15-16H2,1-3H3,(H2,27,28,33)/t21-/m0/s1. The maximum atomic E-state index is 12.7. The number of anilines is 1. The largest absolute Gasteiger partial charge is 0.505 e. The second-order valence-corrected chi connectivity index (χ2v) is 8.00. The summed E-state index contributed by atoms with van der Waals surface area (Å²) in [6.45, 7) is 4.00. The van der Waals surface area contributed by atoms with Gasteiger partial charge in [-0.25, -0.2) is 4.79 Å². The first kappa shape index (κ1) is 24.6. The molecule has 0 saturated carbocycles. The zero-order valence-electron chi connectivity index (χ0n) is 19.5. The number of nitrogens with zero attached hydrogens (tertiary/aromatic N) is 1. The lowest BCUT2D eigenvalue weighted by atomic mass is 9.97. The second kappa shape index (κ2) is 11.2. The summed E-state index contributed by atoms with van der Waals surface area (Å²) in [5.41, 5.74) is 3.43. The van der Waals surface area contributed by atoms with E-state index in [-0.39, 0.29) is 24.5 Å². The van der Waals surface area contributed by atoms with Crippen molar-refractivity contribution in [2.24, 2.45) is 7.05 Å². The minimum absolute atomic E-state index is 0.0861. The van der Waals surface area contributed by atoms with E-state index in [2.05, 4.69) is 29.7 Å². The molecule has 0 bridgehead atoms. The van der Waals surface area contributed by atoms with Gasteiger partial charge in [0, 0.05) is 13.2 Å². The number of ether oxygens (including phenoxy) is 1. The van der Waals surface area contributed by atoms with Crippen molar-refractivity contribution in [2.75, 3.05) is 11.9 Å². The van der Waals surface area contributed by atoms with Gasteiger partial charge in [0.25, 0.3) is 5.56 Å². The lowest BCUT2D eigenvalue weighted by Gasteiger charge is -2.19. The van der Waals surface area contributed by atoms with Crippen molar-refractivity contribution in [1.29, 1.82) is 0 Å². The van der Waals surface area contributed by atoms with E-state index in [4.69, 9.17) is 4.74 Å². The van der Waals surface area contributed by atoms with Crippen LogP contribution in [0, 0.1) is 6.92 Å². The van der Waals surface area contributed by atoms with Gasteiger partial charge in [-0.2, -0.15) is 0 Å². The van der Waals surface area contributed by atoms with Crippen LogP contribution in [0.4, 0.5) is 10.5 Å². The third kappa shape index (κ3) is 6.25. The number of aryl methyl sites for hydroxylation is 2. The van der Waals surface area contributed by atoms with Gasteiger partial charge in [-0.05, 0) is 48.6 Å². The molecule has 2 aromatic carbocycles. The fraction of sp³-hybridized carbons (Fsp3) is 0.269. The number of aromatic nitrogens is 1. The van der Waals surface area contributed by atoms with Gasteiger partial charge in [-0.15, -0.1) is 0 Å². The molecule has 1 aromatic heterocycles. The van der Waals surface area contributed by atoms with Crippen LogP contribution in [0.5, 0.6) is 5.75 Å². The highest BCUT2D eigenvalue weighted by Gasteiger charge is 2.21. The maximum Gasteiger partial charge on any atom is 0.319 e. The molecule has 8 nitrogen and oxygen atoms in total. The third-order valence-corrected chi connectivity index (χ3v) is 5.50. The summed E-state index contributed by atoms with van der Waals surface area (Å²) in [5.74, 6) is -0.809. The maximum absolute atomic E-state index is 12.7. The molecule has 0 aliphatic heterocycles. The molecule has 1 atom stereocenters. The number of hydrogen-bond acceptors (Lipinski definition) is 5. The number of urea groups is 1. The molecule has 0 spiro atoms. The van der Waals surface area contributed by atoms with Crippen molar-refractivity contribution in [2.45, 2.75) is 32.7 Å². The molecule has 3 rings (SSSR count). The average molecular weight is 464 g/mol. The molecule has 8 heteroatoms. The molecule has 3 N–H and O–H groups in total. The van der Waals surface area contributed by atoms with Crippen LogP contribution in [0.1, 0.15) is 41.6 Å². The van der Waals surface area contributed by atoms with Crippen LogP contribution in [-0.2, 0) is 23.0 Å². The summed E-state index contributed by atoms with van der Waals surface area (Å²) in [5, 5.41) is 15.1. The van der Waals surface area contributed by atoms with E-state index in [1.54, 1.807) is 6.92 Å². The summed E-state index contributed by atoms with van der Waals surface area (Å²) in [7, 11) is 1.51. The first-order chi connectivity index (χ1) is 16.3. The normalized spacial score (nSPS) is 11.5. The van der Waals surface area contributed by atoms with Crippen LogP contribution in [-0.4, -0.2) is 28.3 Å². The molecule has 0 saturated heterocycles. The van der Waals surface area contributed by atoms with Crippen LogP contribution in [0.3, 0.4) is 0 Å². The van der Waals surface area contributed by atoms with Gasteiger partial charge in [0.05, 0.1) is 19.1 Å². The number of amides is 2. The van der Waals surface area contributed by atoms with E-state index in [0.717, 1.165) is 12.0 Å². The topological polar surface area (TPSA) is 110 Å². The number of aromatic hydroxyl groups is 1. The van der Waals surface area contributed by atoms with Gasteiger partial charge >= 0.3 is 12.0 Å². The molecule has 0 aliphatic rings. The van der Waals surface area contributed by atoms with Gasteiger partial charge in [0.1, 0.15) is 5.75 Å². The first-order valence-corrected chi connectivity index (χ1v) is 11.0. The number of benzene rings is 2. The molecule has 3 aromatic rings. The van der Waals surface area contributed by atoms with E-state index in [1.165, 1.54) is 35.0 Å². The van der Waals surface area contributed by atoms with E-state index in [0.29, 0.717) is 5.56 Å². The van der Waals surface area contributed by atoms with Gasteiger partial charge in [-0.1, -0.05) is 48.5 Å². The van der Waals surface area contributed by atoms with Gasteiger partial charge in [0.15, 0.2) is 5.69 Å². The number of rotatable bonds is 8. The van der Waals surface area contributed by atoms with Crippen LogP contribution in [0.2, 0.25) is 0 Å². The van der Waals surface area contributed by atoms with Gasteiger partial charge < -0.3 is 25.0 Å². The molecule has 178 valence electrons. The number of esters is 1.